The monoisotopic (exact) mass is 222 g/mol. The van der Waals surface area contributed by atoms with E-state index in [1.807, 2.05) is 13.1 Å². The summed E-state index contributed by atoms with van der Waals surface area (Å²) in [4.78, 5) is 8.75. The summed E-state index contributed by atoms with van der Waals surface area (Å²) in [7, 11) is 0. The maximum atomic E-state index is 5.47. The highest BCUT2D eigenvalue weighted by molar-refractivity contribution is 5.48. The molecule has 0 aliphatic rings. The molecule has 0 saturated carbocycles. The van der Waals surface area contributed by atoms with Gasteiger partial charge in [0.1, 0.15) is 5.82 Å². The minimum atomic E-state index is 0.0265. The molecule has 4 nitrogen and oxygen atoms in total. The largest absolute Gasteiger partial charge is 0.382 e. The Morgan fingerprint density at radius 2 is 2.06 bits per heavy atom. The average Bonchev–Trinajstić information content (AvgIpc) is 2.19. The number of aromatic nitrogens is 2. The van der Waals surface area contributed by atoms with Crippen LogP contribution in [-0.4, -0.2) is 23.1 Å². The molecule has 0 radical (unpaired) electrons. The van der Waals surface area contributed by atoms with E-state index in [2.05, 4.69) is 36.1 Å². The van der Waals surface area contributed by atoms with Crippen LogP contribution >= 0.6 is 0 Å². The third-order valence-electron chi connectivity index (χ3n) is 2.32. The van der Waals surface area contributed by atoms with Crippen LogP contribution in [0.25, 0.3) is 0 Å². The van der Waals surface area contributed by atoms with Gasteiger partial charge < -0.3 is 11.1 Å². The Morgan fingerprint density at radius 3 is 2.62 bits per heavy atom. The molecule has 1 aromatic heterocycles. The Balaban J connectivity index is 2.90. The highest BCUT2D eigenvalue weighted by atomic mass is 15.0. The molecule has 0 spiro atoms. The van der Waals surface area contributed by atoms with Gasteiger partial charge in [0.05, 0.1) is 17.6 Å². The quantitative estimate of drug-likeness (QED) is 0.763. The summed E-state index contributed by atoms with van der Waals surface area (Å²) < 4.78 is 0. The highest BCUT2D eigenvalue weighted by Gasteiger charge is 2.20. The lowest BCUT2D eigenvalue weighted by molar-refractivity contribution is 0.566. The van der Waals surface area contributed by atoms with Gasteiger partial charge in [-0.3, -0.25) is 0 Å². The molecule has 3 N–H and O–H groups in total. The van der Waals surface area contributed by atoms with E-state index < -0.39 is 0 Å². The Bertz CT molecular complexity index is 341. The lowest BCUT2D eigenvalue weighted by Crippen LogP contribution is -2.19. The second-order valence-electron chi connectivity index (χ2n) is 5.00. The van der Waals surface area contributed by atoms with Gasteiger partial charge in [-0.25, -0.2) is 9.97 Å². The molecule has 0 aliphatic carbocycles. The van der Waals surface area contributed by atoms with Crippen LogP contribution < -0.4 is 11.1 Å². The summed E-state index contributed by atoms with van der Waals surface area (Å²) in [5.41, 5.74) is 7.58. The van der Waals surface area contributed by atoms with Crippen LogP contribution in [0.3, 0.4) is 0 Å². The zero-order chi connectivity index (χ0) is 12.2. The molecule has 16 heavy (non-hydrogen) atoms. The van der Waals surface area contributed by atoms with Gasteiger partial charge >= 0.3 is 0 Å². The third kappa shape index (κ3) is 3.45. The van der Waals surface area contributed by atoms with E-state index in [9.17, 15) is 0 Å². The molecular weight excluding hydrogens is 200 g/mol. The number of nitrogens with one attached hydrogen (secondary N) is 1. The van der Waals surface area contributed by atoms with Crippen LogP contribution in [-0.2, 0) is 5.41 Å². The van der Waals surface area contributed by atoms with E-state index in [1.165, 1.54) is 0 Å². The van der Waals surface area contributed by atoms with E-state index >= 15 is 0 Å². The Morgan fingerprint density at radius 1 is 1.38 bits per heavy atom. The molecule has 0 amide bonds. The molecule has 1 aromatic rings. The summed E-state index contributed by atoms with van der Waals surface area (Å²) in [5, 5.41) is 3.34. The van der Waals surface area contributed by atoms with Crippen molar-refractivity contribution in [3.8, 4) is 0 Å². The van der Waals surface area contributed by atoms with Crippen molar-refractivity contribution in [2.24, 2.45) is 5.73 Å². The summed E-state index contributed by atoms with van der Waals surface area (Å²) in [6.07, 6.45) is 2.82. The molecular formula is C12H22N4. The van der Waals surface area contributed by atoms with Crippen LogP contribution in [0.15, 0.2) is 6.20 Å². The van der Waals surface area contributed by atoms with Gasteiger partial charge in [-0.2, -0.15) is 0 Å². The summed E-state index contributed by atoms with van der Waals surface area (Å²) >= 11 is 0. The van der Waals surface area contributed by atoms with Gasteiger partial charge in [0.2, 0.25) is 0 Å². The van der Waals surface area contributed by atoms with Gasteiger partial charge in [0.15, 0.2) is 0 Å². The van der Waals surface area contributed by atoms with E-state index in [0.717, 1.165) is 30.2 Å². The Hall–Kier alpha value is -1.16. The van der Waals surface area contributed by atoms with E-state index in [1.54, 1.807) is 0 Å². The van der Waals surface area contributed by atoms with Crippen LogP contribution in [0.5, 0.6) is 0 Å². The van der Waals surface area contributed by atoms with Crippen LogP contribution in [0.2, 0.25) is 0 Å². The number of nitrogens with zero attached hydrogens (tertiary/aromatic N) is 2. The fraction of sp³-hybridized carbons (Fsp3) is 0.667. The fourth-order valence-electron chi connectivity index (χ4n) is 1.50. The second kappa shape index (κ2) is 5.25. The number of aryl methyl sites for hydroxylation is 1. The molecule has 0 fully saturated rings. The summed E-state index contributed by atoms with van der Waals surface area (Å²) in [5.74, 6) is 0.814. The number of rotatable bonds is 4. The molecule has 0 unspecified atom stereocenters. The Labute approximate surface area is 97.7 Å². The Kier molecular flexibility index (Phi) is 4.24. The fourth-order valence-corrected chi connectivity index (χ4v) is 1.50. The predicted octanol–water partition coefficient (Wildman–Crippen LogP) is 1.84. The average molecular weight is 222 g/mol. The summed E-state index contributed by atoms with van der Waals surface area (Å²) in [6.45, 7) is 9.95. The van der Waals surface area contributed by atoms with Gasteiger partial charge in [0.25, 0.3) is 0 Å². The van der Waals surface area contributed by atoms with Crippen LogP contribution in [0, 0.1) is 6.92 Å². The van der Waals surface area contributed by atoms with Crippen molar-refractivity contribution in [2.45, 2.75) is 39.5 Å². The van der Waals surface area contributed by atoms with Crippen molar-refractivity contribution in [1.29, 1.82) is 0 Å². The zero-order valence-corrected chi connectivity index (χ0v) is 10.7. The maximum absolute atomic E-state index is 5.47. The molecule has 1 heterocycles. The predicted molar refractivity (Wildman–Crippen MR) is 67.6 cm³/mol. The van der Waals surface area contributed by atoms with E-state index in [0.29, 0.717) is 6.54 Å². The topological polar surface area (TPSA) is 63.8 Å². The van der Waals surface area contributed by atoms with Crippen molar-refractivity contribution >= 4 is 5.69 Å². The molecule has 0 aliphatic heterocycles. The molecule has 90 valence electrons. The molecule has 0 atom stereocenters. The van der Waals surface area contributed by atoms with E-state index in [-0.39, 0.29) is 5.41 Å². The minimum absolute atomic E-state index is 0.0265. The number of hydrogen-bond donors (Lipinski definition) is 2. The molecule has 4 heteroatoms. The first-order chi connectivity index (χ1) is 7.45. The first-order valence-electron chi connectivity index (χ1n) is 5.73. The highest BCUT2D eigenvalue weighted by Crippen LogP contribution is 2.26. The SMILES string of the molecule is Cc1ncc(NCCCN)c(C(C)(C)C)n1. The maximum Gasteiger partial charge on any atom is 0.125 e. The van der Waals surface area contributed by atoms with E-state index in [4.69, 9.17) is 5.73 Å². The molecule has 0 aromatic carbocycles. The number of hydrogen-bond acceptors (Lipinski definition) is 4. The second-order valence-corrected chi connectivity index (χ2v) is 5.00. The zero-order valence-electron chi connectivity index (χ0n) is 10.7. The van der Waals surface area contributed by atoms with Gasteiger partial charge in [0, 0.05) is 12.0 Å². The first-order valence-corrected chi connectivity index (χ1v) is 5.73. The van der Waals surface area contributed by atoms with Gasteiger partial charge in [-0.15, -0.1) is 0 Å². The van der Waals surface area contributed by atoms with Gasteiger partial charge in [-0.1, -0.05) is 20.8 Å². The number of anilines is 1. The van der Waals surface area contributed by atoms with Crippen LogP contribution in [0.4, 0.5) is 5.69 Å². The lowest BCUT2D eigenvalue weighted by Gasteiger charge is -2.22. The lowest BCUT2D eigenvalue weighted by atomic mass is 9.90. The van der Waals surface area contributed by atoms with Crippen molar-refractivity contribution in [1.82, 2.24) is 9.97 Å². The minimum Gasteiger partial charge on any atom is -0.382 e. The first kappa shape index (κ1) is 12.9. The van der Waals surface area contributed by atoms with Crippen molar-refractivity contribution in [3.63, 3.8) is 0 Å². The molecule has 1 rings (SSSR count). The van der Waals surface area contributed by atoms with Gasteiger partial charge in [-0.05, 0) is 19.9 Å². The third-order valence-corrected chi connectivity index (χ3v) is 2.32. The van der Waals surface area contributed by atoms with Crippen molar-refractivity contribution in [2.75, 3.05) is 18.4 Å². The smallest absolute Gasteiger partial charge is 0.125 e. The standard InChI is InChI=1S/C12H22N4/c1-9-15-8-10(14-7-5-6-13)11(16-9)12(2,3)4/h8,14H,5-7,13H2,1-4H3. The molecule has 0 saturated heterocycles. The normalized spacial score (nSPS) is 11.6. The van der Waals surface area contributed by atoms with Crippen molar-refractivity contribution < 1.29 is 0 Å². The van der Waals surface area contributed by atoms with Crippen molar-refractivity contribution in [3.05, 3.63) is 17.7 Å². The number of nitrogens with two attached hydrogens (primary N) is 1. The molecule has 0 bridgehead atoms. The van der Waals surface area contributed by atoms with Crippen LogP contribution in [0.1, 0.15) is 38.7 Å². The summed E-state index contributed by atoms with van der Waals surface area (Å²) in [6, 6.07) is 0.